The first-order chi connectivity index (χ1) is 17.2. The van der Waals surface area contributed by atoms with Crippen molar-refractivity contribution in [3.05, 3.63) is 126 Å². The maximum absolute atomic E-state index is 12.5. The number of carbonyl (C=O) groups excluding carboxylic acids is 2. The lowest BCUT2D eigenvalue weighted by molar-refractivity contribution is -0.114. The number of carbonyl (C=O) groups is 2. The molecule has 0 saturated carbocycles. The van der Waals surface area contributed by atoms with Gasteiger partial charge in [-0.25, -0.2) is 0 Å². The molecule has 4 rings (SSSR count). The lowest BCUT2D eigenvalue weighted by Crippen LogP contribution is -2.23. The lowest BCUT2D eigenvalue weighted by Gasteiger charge is -2.13. The van der Waals surface area contributed by atoms with Gasteiger partial charge in [0.25, 0.3) is 5.91 Å². The number of hydrogen-bond donors (Lipinski definition) is 3. The maximum atomic E-state index is 12.5. The summed E-state index contributed by atoms with van der Waals surface area (Å²) >= 11 is 0. The summed E-state index contributed by atoms with van der Waals surface area (Å²) in [5.74, 6) is 0.305. The van der Waals surface area contributed by atoms with E-state index in [0.717, 1.165) is 16.8 Å². The van der Waals surface area contributed by atoms with Gasteiger partial charge < -0.3 is 20.7 Å². The van der Waals surface area contributed by atoms with Crippen molar-refractivity contribution in [2.45, 2.75) is 13.2 Å². The molecule has 0 bridgehead atoms. The van der Waals surface area contributed by atoms with Crippen LogP contribution < -0.4 is 20.7 Å². The van der Waals surface area contributed by atoms with Gasteiger partial charge in [0.05, 0.1) is 12.2 Å². The molecule has 0 aliphatic rings. The molecule has 0 radical (unpaired) electrons. The van der Waals surface area contributed by atoms with Gasteiger partial charge in [0.2, 0.25) is 5.91 Å². The molecule has 6 heteroatoms. The van der Waals surface area contributed by atoms with Crippen molar-refractivity contribution in [2.75, 3.05) is 17.2 Å². The molecule has 4 aromatic rings. The summed E-state index contributed by atoms with van der Waals surface area (Å²) in [6.45, 7) is 0.975. The Kier molecular flexibility index (Phi) is 8.11. The molecule has 0 heterocycles. The van der Waals surface area contributed by atoms with Crippen LogP contribution >= 0.6 is 0 Å². The normalized spacial score (nSPS) is 10.3. The van der Waals surface area contributed by atoms with E-state index in [-0.39, 0.29) is 18.4 Å². The largest absolute Gasteiger partial charge is 0.487 e. The summed E-state index contributed by atoms with van der Waals surface area (Å²) in [6.07, 6.45) is 0. The van der Waals surface area contributed by atoms with Gasteiger partial charge in [-0.3, -0.25) is 9.59 Å². The number of hydrogen-bond acceptors (Lipinski definition) is 4. The van der Waals surface area contributed by atoms with Gasteiger partial charge in [0, 0.05) is 17.8 Å². The van der Waals surface area contributed by atoms with Crippen LogP contribution in [-0.4, -0.2) is 18.4 Å². The number of nitrogens with one attached hydrogen (secondary N) is 3. The van der Waals surface area contributed by atoms with Crippen molar-refractivity contribution in [3.8, 4) is 5.75 Å². The number of ether oxygens (including phenoxy) is 1. The SMILES string of the molecule is O=C(CNc1ccccc1OCc1ccccc1)Nc1ccc(C(=O)NCc2ccccc2)cc1. The Labute approximate surface area is 205 Å². The van der Waals surface area contributed by atoms with E-state index in [0.29, 0.717) is 30.2 Å². The van der Waals surface area contributed by atoms with Gasteiger partial charge in [-0.2, -0.15) is 0 Å². The Balaban J connectivity index is 1.25. The van der Waals surface area contributed by atoms with E-state index in [4.69, 9.17) is 4.74 Å². The first kappa shape index (κ1) is 23.6. The summed E-state index contributed by atoms with van der Waals surface area (Å²) in [7, 11) is 0. The monoisotopic (exact) mass is 465 g/mol. The van der Waals surface area contributed by atoms with E-state index < -0.39 is 0 Å². The van der Waals surface area contributed by atoms with Crippen LogP contribution in [0.2, 0.25) is 0 Å². The van der Waals surface area contributed by atoms with E-state index in [1.807, 2.05) is 84.9 Å². The maximum Gasteiger partial charge on any atom is 0.251 e. The summed E-state index contributed by atoms with van der Waals surface area (Å²) < 4.78 is 5.93. The molecule has 3 N–H and O–H groups in total. The zero-order valence-corrected chi connectivity index (χ0v) is 19.2. The van der Waals surface area contributed by atoms with Gasteiger partial charge in [0.15, 0.2) is 0 Å². The lowest BCUT2D eigenvalue weighted by atomic mass is 10.1. The third-order valence-corrected chi connectivity index (χ3v) is 5.29. The molecular formula is C29H27N3O3. The number of para-hydroxylation sites is 2. The molecular weight excluding hydrogens is 438 g/mol. The van der Waals surface area contributed by atoms with Crippen molar-refractivity contribution >= 4 is 23.2 Å². The van der Waals surface area contributed by atoms with Crippen molar-refractivity contribution in [3.63, 3.8) is 0 Å². The van der Waals surface area contributed by atoms with Gasteiger partial charge in [-0.1, -0.05) is 72.8 Å². The fourth-order valence-corrected chi connectivity index (χ4v) is 3.44. The smallest absolute Gasteiger partial charge is 0.251 e. The number of benzene rings is 4. The molecule has 0 fully saturated rings. The van der Waals surface area contributed by atoms with Crippen LogP contribution in [-0.2, 0) is 17.9 Å². The summed E-state index contributed by atoms with van der Waals surface area (Å²) in [5.41, 5.74) is 3.98. The van der Waals surface area contributed by atoms with Crippen LogP contribution in [0, 0.1) is 0 Å². The van der Waals surface area contributed by atoms with Crippen molar-refractivity contribution in [1.82, 2.24) is 5.32 Å². The fraction of sp³-hybridized carbons (Fsp3) is 0.103. The van der Waals surface area contributed by atoms with Crippen LogP contribution in [0.3, 0.4) is 0 Å². The fourth-order valence-electron chi connectivity index (χ4n) is 3.44. The standard InChI is InChI=1S/C29H27N3O3/c33-28(20-30-26-13-7-8-14-27(26)35-21-23-11-5-2-6-12-23)32-25-17-15-24(16-18-25)29(34)31-19-22-9-3-1-4-10-22/h1-18,30H,19-21H2,(H,31,34)(H,32,33). The summed E-state index contributed by atoms with van der Waals surface area (Å²) in [4.78, 5) is 24.8. The Morgan fingerprint density at radius 3 is 2.03 bits per heavy atom. The molecule has 0 spiro atoms. The Bertz CT molecular complexity index is 1240. The van der Waals surface area contributed by atoms with Crippen LogP contribution in [0.5, 0.6) is 5.75 Å². The minimum Gasteiger partial charge on any atom is -0.487 e. The molecule has 176 valence electrons. The highest BCUT2D eigenvalue weighted by molar-refractivity contribution is 5.96. The molecule has 2 amide bonds. The number of anilines is 2. The van der Waals surface area contributed by atoms with Crippen LogP contribution in [0.15, 0.2) is 109 Å². The van der Waals surface area contributed by atoms with Gasteiger partial charge in [-0.05, 0) is 47.5 Å². The molecule has 0 unspecified atom stereocenters. The third-order valence-electron chi connectivity index (χ3n) is 5.29. The quantitative estimate of drug-likeness (QED) is 0.299. The van der Waals surface area contributed by atoms with E-state index in [9.17, 15) is 9.59 Å². The average Bonchev–Trinajstić information content (AvgIpc) is 2.91. The predicted molar refractivity (Wildman–Crippen MR) is 138 cm³/mol. The van der Waals surface area contributed by atoms with E-state index >= 15 is 0 Å². The van der Waals surface area contributed by atoms with E-state index in [2.05, 4.69) is 16.0 Å². The predicted octanol–water partition coefficient (Wildman–Crippen LogP) is 5.25. The minimum atomic E-state index is -0.204. The highest BCUT2D eigenvalue weighted by Gasteiger charge is 2.09. The second-order valence-electron chi connectivity index (χ2n) is 7.92. The topological polar surface area (TPSA) is 79.5 Å². The zero-order valence-electron chi connectivity index (χ0n) is 19.2. The molecule has 35 heavy (non-hydrogen) atoms. The third kappa shape index (κ3) is 7.20. The second kappa shape index (κ2) is 12.0. The van der Waals surface area contributed by atoms with Gasteiger partial charge in [-0.15, -0.1) is 0 Å². The zero-order chi connectivity index (χ0) is 24.3. The number of rotatable bonds is 10. The highest BCUT2D eigenvalue weighted by atomic mass is 16.5. The van der Waals surface area contributed by atoms with Crippen molar-refractivity contribution < 1.29 is 14.3 Å². The van der Waals surface area contributed by atoms with E-state index in [1.54, 1.807) is 24.3 Å². The van der Waals surface area contributed by atoms with Gasteiger partial charge >= 0.3 is 0 Å². The second-order valence-corrected chi connectivity index (χ2v) is 7.92. The molecule has 0 atom stereocenters. The molecule has 0 saturated heterocycles. The molecule has 0 aromatic heterocycles. The van der Waals surface area contributed by atoms with Crippen LogP contribution in [0.1, 0.15) is 21.5 Å². The van der Waals surface area contributed by atoms with E-state index in [1.165, 1.54) is 0 Å². The first-order valence-corrected chi connectivity index (χ1v) is 11.4. The van der Waals surface area contributed by atoms with Crippen LogP contribution in [0.25, 0.3) is 0 Å². The average molecular weight is 466 g/mol. The Hall–Kier alpha value is -4.58. The first-order valence-electron chi connectivity index (χ1n) is 11.4. The summed E-state index contributed by atoms with van der Waals surface area (Å²) in [6, 6.07) is 34.0. The van der Waals surface area contributed by atoms with Crippen LogP contribution in [0.4, 0.5) is 11.4 Å². The Morgan fingerprint density at radius 2 is 1.31 bits per heavy atom. The van der Waals surface area contributed by atoms with Crippen molar-refractivity contribution in [1.29, 1.82) is 0 Å². The number of amides is 2. The minimum absolute atomic E-state index is 0.0744. The highest BCUT2D eigenvalue weighted by Crippen LogP contribution is 2.24. The molecule has 6 nitrogen and oxygen atoms in total. The summed E-state index contributed by atoms with van der Waals surface area (Å²) in [5, 5.41) is 8.86. The molecule has 0 aliphatic carbocycles. The van der Waals surface area contributed by atoms with Crippen molar-refractivity contribution in [2.24, 2.45) is 0 Å². The Morgan fingerprint density at radius 1 is 0.686 bits per heavy atom. The molecule has 4 aromatic carbocycles. The molecule has 0 aliphatic heterocycles. The van der Waals surface area contributed by atoms with Gasteiger partial charge in [0.1, 0.15) is 12.4 Å².